The third-order valence-electron chi connectivity index (χ3n) is 1.43. The lowest BCUT2D eigenvalue weighted by atomic mass is 10.4. The molecule has 1 aromatic rings. The molecule has 1 aromatic heterocycles. The molecule has 0 aliphatic heterocycles. The van der Waals surface area contributed by atoms with Gasteiger partial charge < -0.3 is 11.1 Å². The Hall–Kier alpha value is -1.30. The number of rotatable bonds is 2. The maximum absolute atomic E-state index is 11.1. The molecule has 0 atom stereocenters. The standard InChI is InChI=1S/C8H11BrN4O/c1-2-11-8(14)13-7-6(9)3-5(10)4-12-7/h3-4H,2,10H2,1H3,(H2,11,12,13,14). The SMILES string of the molecule is CCNC(=O)Nc1ncc(N)cc1Br. The van der Waals surface area contributed by atoms with Crippen molar-refractivity contribution in [2.75, 3.05) is 17.6 Å². The van der Waals surface area contributed by atoms with Gasteiger partial charge in [-0.3, -0.25) is 5.32 Å². The number of nitrogens with two attached hydrogens (primary N) is 1. The van der Waals surface area contributed by atoms with E-state index in [-0.39, 0.29) is 6.03 Å². The van der Waals surface area contributed by atoms with Crippen molar-refractivity contribution in [3.8, 4) is 0 Å². The van der Waals surface area contributed by atoms with Gasteiger partial charge in [0.05, 0.1) is 16.4 Å². The number of carbonyl (C=O) groups is 1. The topological polar surface area (TPSA) is 80.0 Å². The van der Waals surface area contributed by atoms with Crippen molar-refractivity contribution < 1.29 is 4.79 Å². The van der Waals surface area contributed by atoms with Crippen molar-refractivity contribution in [3.63, 3.8) is 0 Å². The molecule has 1 heterocycles. The van der Waals surface area contributed by atoms with Gasteiger partial charge in [-0.25, -0.2) is 9.78 Å². The quantitative estimate of drug-likeness (QED) is 0.754. The summed E-state index contributed by atoms with van der Waals surface area (Å²) in [7, 11) is 0. The number of halogens is 1. The van der Waals surface area contributed by atoms with Crippen LogP contribution in [0.2, 0.25) is 0 Å². The molecule has 0 saturated carbocycles. The summed E-state index contributed by atoms with van der Waals surface area (Å²) in [5.74, 6) is 0.449. The number of amides is 2. The number of hydrogen-bond acceptors (Lipinski definition) is 3. The van der Waals surface area contributed by atoms with Gasteiger partial charge >= 0.3 is 6.03 Å². The molecule has 0 aromatic carbocycles. The van der Waals surface area contributed by atoms with Crippen LogP contribution in [-0.4, -0.2) is 17.6 Å². The van der Waals surface area contributed by atoms with Crippen LogP contribution in [-0.2, 0) is 0 Å². The van der Waals surface area contributed by atoms with Crippen LogP contribution in [0.1, 0.15) is 6.92 Å². The lowest BCUT2D eigenvalue weighted by Crippen LogP contribution is -2.28. The summed E-state index contributed by atoms with van der Waals surface area (Å²) >= 11 is 3.24. The number of nitrogens with one attached hydrogen (secondary N) is 2. The molecule has 2 amide bonds. The molecule has 0 fully saturated rings. The second kappa shape index (κ2) is 4.80. The average molecular weight is 259 g/mol. The van der Waals surface area contributed by atoms with Crippen molar-refractivity contribution in [2.24, 2.45) is 0 Å². The summed E-state index contributed by atoms with van der Waals surface area (Å²) in [6.07, 6.45) is 1.48. The van der Waals surface area contributed by atoms with Crippen molar-refractivity contribution in [1.29, 1.82) is 0 Å². The normalized spacial score (nSPS) is 9.57. The molecule has 0 bridgehead atoms. The van der Waals surface area contributed by atoms with E-state index in [9.17, 15) is 4.79 Å². The van der Waals surface area contributed by atoms with Gasteiger partial charge in [0.1, 0.15) is 5.82 Å². The molecule has 14 heavy (non-hydrogen) atoms. The lowest BCUT2D eigenvalue weighted by molar-refractivity contribution is 0.252. The summed E-state index contributed by atoms with van der Waals surface area (Å²) in [5, 5.41) is 5.17. The molecule has 0 radical (unpaired) electrons. The van der Waals surface area contributed by atoms with Crippen LogP contribution >= 0.6 is 15.9 Å². The molecule has 76 valence electrons. The molecule has 0 spiro atoms. The van der Waals surface area contributed by atoms with Crippen LogP contribution in [0, 0.1) is 0 Å². The van der Waals surface area contributed by atoms with Crippen LogP contribution in [0.3, 0.4) is 0 Å². The zero-order chi connectivity index (χ0) is 10.6. The monoisotopic (exact) mass is 258 g/mol. The average Bonchev–Trinajstić information content (AvgIpc) is 2.10. The number of anilines is 2. The number of pyridine rings is 1. The maximum Gasteiger partial charge on any atom is 0.320 e. The second-order valence-corrected chi connectivity index (χ2v) is 3.44. The molecule has 0 unspecified atom stereocenters. The van der Waals surface area contributed by atoms with Crippen molar-refractivity contribution in [3.05, 3.63) is 16.7 Å². The van der Waals surface area contributed by atoms with Crippen molar-refractivity contribution in [2.45, 2.75) is 6.92 Å². The Morgan fingerprint density at radius 1 is 1.71 bits per heavy atom. The first-order chi connectivity index (χ1) is 6.63. The first-order valence-electron chi connectivity index (χ1n) is 4.09. The third-order valence-corrected chi connectivity index (χ3v) is 2.04. The highest BCUT2D eigenvalue weighted by Gasteiger charge is 2.05. The van der Waals surface area contributed by atoms with Gasteiger partial charge in [0.15, 0.2) is 0 Å². The Kier molecular flexibility index (Phi) is 3.70. The summed E-state index contributed by atoms with van der Waals surface area (Å²) < 4.78 is 0.656. The van der Waals surface area contributed by atoms with Crippen LogP contribution in [0.15, 0.2) is 16.7 Å². The van der Waals surface area contributed by atoms with Gasteiger partial charge in [-0.15, -0.1) is 0 Å². The van der Waals surface area contributed by atoms with E-state index >= 15 is 0 Å². The fourth-order valence-electron chi connectivity index (χ4n) is 0.857. The van der Waals surface area contributed by atoms with Gasteiger partial charge in [-0.1, -0.05) is 0 Å². The van der Waals surface area contributed by atoms with E-state index in [1.807, 2.05) is 6.92 Å². The largest absolute Gasteiger partial charge is 0.397 e. The fourth-order valence-corrected chi connectivity index (χ4v) is 1.32. The Morgan fingerprint density at radius 2 is 2.43 bits per heavy atom. The number of hydrogen-bond donors (Lipinski definition) is 3. The lowest BCUT2D eigenvalue weighted by Gasteiger charge is -2.06. The fraction of sp³-hybridized carbons (Fsp3) is 0.250. The molecule has 5 nitrogen and oxygen atoms in total. The highest BCUT2D eigenvalue weighted by atomic mass is 79.9. The van der Waals surface area contributed by atoms with Crippen LogP contribution in [0.4, 0.5) is 16.3 Å². The summed E-state index contributed by atoms with van der Waals surface area (Å²) in [6.45, 7) is 2.41. The molecule has 0 aliphatic rings. The molecule has 4 N–H and O–H groups in total. The van der Waals surface area contributed by atoms with Gasteiger partial charge in [-0.2, -0.15) is 0 Å². The van der Waals surface area contributed by atoms with Crippen LogP contribution in [0.25, 0.3) is 0 Å². The molecule has 0 aliphatic carbocycles. The van der Waals surface area contributed by atoms with E-state index in [0.717, 1.165) is 0 Å². The highest BCUT2D eigenvalue weighted by Crippen LogP contribution is 2.21. The van der Waals surface area contributed by atoms with Crippen LogP contribution < -0.4 is 16.4 Å². The van der Waals surface area contributed by atoms with Crippen molar-refractivity contribution in [1.82, 2.24) is 10.3 Å². The Morgan fingerprint density at radius 3 is 3.00 bits per heavy atom. The molecule has 1 rings (SSSR count). The third kappa shape index (κ3) is 2.88. The minimum atomic E-state index is -0.287. The zero-order valence-electron chi connectivity index (χ0n) is 7.67. The van der Waals surface area contributed by atoms with Gasteiger partial charge in [0.25, 0.3) is 0 Å². The van der Waals surface area contributed by atoms with Gasteiger partial charge in [-0.05, 0) is 28.9 Å². The van der Waals surface area contributed by atoms with E-state index in [2.05, 4.69) is 31.5 Å². The minimum absolute atomic E-state index is 0.287. The Labute approximate surface area is 90.2 Å². The zero-order valence-corrected chi connectivity index (χ0v) is 9.26. The number of nitrogens with zero attached hydrogens (tertiary/aromatic N) is 1. The molecular weight excluding hydrogens is 248 g/mol. The summed E-state index contributed by atoms with van der Waals surface area (Å²) in [4.78, 5) is 15.1. The molecule has 6 heteroatoms. The van der Waals surface area contributed by atoms with E-state index in [1.165, 1.54) is 6.20 Å². The van der Waals surface area contributed by atoms with E-state index < -0.39 is 0 Å². The van der Waals surface area contributed by atoms with Gasteiger partial charge in [0, 0.05) is 6.54 Å². The molecular formula is C8H11BrN4O. The predicted molar refractivity (Wildman–Crippen MR) is 59.0 cm³/mol. The Bertz CT molecular complexity index is 342. The van der Waals surface area contributed by atoms with E-state index in [1.54, 1.807) is 6.07 Å². The summed E-state index contributed by atoms with van der Waals surface area (Å²) in [5.41, 5.74) is 6.04. The maximum atomic E-state index is 11.1. The van der Waals surface area contributed by atoms with Crippen molar-refractivity contribution >= 4 is 33.5 Å². The first-order valence-corrected chi connectivity index (χ1v) is 4.88. The minimum Gasteiger partial charge on any atom is -0.397 e. The first kappa shape index (κ1) is 10.8. The number of aromatic nitrogens is 1. The highest BCUT2D eigenvalue weighted by molar-refractivity contribution is 9.10. The van der Waals surface area contributed by atoms with Gasteiger partial charge in [0.2, 0.25) is 0 Å². The second-order valence-electron chi connectivity index (χ2n) is 2.58. The number of urea groups is 1. The van der Waals surface area contributed by atoms with E-state index in [4.69, 9.17) is 5.73 Å². The predicted octanol–water partition coefficient (Wildman–Crippen LogP) is 1.57. The van der Waals surface area contributed by atoms with E-state index in [0.29, 0.717) is 22.5 Å². The smallest absolute Gasteiger partial charge is 0.320 e. The number of nitrogen functional groups attached to an aromatic ring is 1. The number of carbonyl (C=O) groups excluding carboxylic acids is 1. The summed E-state index contributed by atoms with van der Waals surface area (Å²) in [6, 6.07) is 1.39. The molecule has 0 saturated heterocycles. The Balaban J connectivity index is 2.72. The van der Waals surface area contributed by atoms with Crippen LogP contribution in [0.5, 0.6) is 0 Å².